The quantitative estimate of drug-likeness (QED) is 0.412. The van der Waals surface area contributed by atoms with Gasteiger partial charge in [0.25, 0.3) is 11.6 Å². The first-order chi connectivity index (χ1) is 15.6. The van der Waals surface area contributed by atoms with Gasteiger partial charge in [0.05, 0.1) is 22.4 Å². The molecule has 1 aliphatic rings. The Morgan fingerprint density at radius 3 is 2.53 bits per heavy atom. The highest BCUT2D eigenvalue weighted by Gasteiger charge is 2.20. The standard InChI is InChI=1S/C24H27N5O3/c30-24(22-16-26-27-23(22)20-6-8-21(9-7-20)29(31)32)25-13-10-18-11-14-28(15-12-18)17-19-4-2-1-3-5-19/h1-9,16,18H,10-15,17H2,(H,25,30)(H,26,27). The number of carbonyl (C=O) groups excluding carboxylic acids is 1. The SMILES string of the molecule is O=C(NCCC1CCN(Cc2ccccc2)CC1)c1cn[nH]c1-c1ccc([N+](=O)[O-])cc1. The van der Waals surface area contributed by atoms with Crippen molar-refractivity contribution in [3.05, 3.63) is 82.0 Å². The molecule has 0 atom stereocenters. The smallest absolute Gasteiger partial charge is 0.269 e. The lowest BCUT2D eigenvalue weighted by atomic mass is 9.93. The number of likely N-dealkylation sites (tertiary alicyclic amines) is 1. The maximum Gasteiger partial charge on any atom is 0.269 e. The van der Waals surface area contributed by atoms with Crippen LogP contribution in [-0.4, -0.2) is 45.6 Å². The van der Waals surface area contributed by atoms with Crippen molar-refractivity contribution in [2.75, 3.05) is 19.6 Å². The van der Waals surface area contributed by atoms with Crippen molar-refractivity contribution in [2.45, 2.75) is 25.8 Å². The second kappa shape index (κ2) is 10.2. The fourth-order valence-corrected chi connectivity index (χ4v) is 4.19. The summed E-state index contributed by atoms with van der Waals surface area (Å²) in [7, 11) is 0. The molecule has 1 aromatic heterocycles. The predicted molar refractivity (Wildman–Crippen MR) is 122 cm³/mol. The third-order valence-electron chi connectivity index (χ3n) is 6.05. The van der Waals surface area contributed by atoms with E-state index in [2.05, 4.69) is 44.7 Å². The van der Waals surface area contributed by atoms with Crippen molar-refractivity contribution in [1.29, 1.82) is 0 Å². The summed E-state index contributed by atoms with van der Waals surface area (Å²) >= 11 is 0. The number of nitro groups is 1. The lowest BCUT2D eigenvalue weighted by Gasteiger charge is -2.32. The molecule has 0 unspecified atom stereocenters. The molecule has 8 heteroatoms. The first kappa shape index (κ1) is 21.7. The number of hydrogen-bond acceptors (Lipinski definition) is 5. The number of amides is 1. The van der Waals surface area contributed by atoms with Crippen LogP contribution in [0, 0.1) is 16.0 Å². The van der Waals surface area contributed by atoms with Gasteiger partial charge in [0.2, 0.25) is 0 Å². The molecule has 1 fully saturated rings. The second-order valence-electron chi connectivity index (χ2n) is 8.21. The maximum absolute atomic E-state index is 12.7. The topological polar surface area (TPSA) is 104 Å². The fraction of sp³-hybridized carbons (Fsp3) is 0.333. The Labute approximate surface area is 186 Å². The molecule has 1 aliphatic heterocycles. The molecule has 4 rings (SSSR count). The van der Waals surface area contributed by atoms with Crippen LogP contribution >= 0.6 is 0 Å². The summed E-state index contributed by atoms with van der Waals surface area (Å²) in [6.07, 6.45) is 4.73. The van der Waals surface area contributed by atoms with Crippen molar-refractivity contribution in [2.24, 2.45) is 5.92 Å². The molecule has 2 aromatic carbocycles. The number of rotatable bonds is 8. The van der Waals surface area contributed by atoms with Crippen LogP contribution in [0.15, 0.2) is 60.8 Å². The van der Waals surface area contributed by atoms with Gasteiger partial charge < -0.3 is 5.32 Å². The highest BCUT2D eigenvalue weighted by molar-refractivity contribution is 5.99. The normalized spacial score (nSPS) is 14.9. The van der Waals surface area contributed by atoms with Crippen LogP contribution in [0.5, 0.6) is 0 Å². The van der Waals surface area contributed by atoms with Crippen LogP contribution in [0.1, 0.15) is 35.2 Å². The summed E-state index contributed by atoms with van der Waals surface area (Å²) in [5.74, 6) is 0.425. The lowest BCUT2D eigenvalue weighted by Crippen LogP contribution is -2.34. The van der Waals surface area contributed by atoms with Gasteiger partial charge in [-0.3, -0.25) is 24.9 Å². The van der Waals surface area contributed by atoms with Crippen molar-refractivity contribution >= 4 is 11.6 Å². The molecule has 166 valence electrons. The van der Waals surface area contributed by atoms with Crippen LogP contribution in [0.4, 0.5) is 5.69 Å². The van der Waals surface area contributed by atoms with E-state index in [9.17, 15) is 14.9 Å². The molecule has 0 aliphatic carbocycles. The number of piperidine rings is 1. The number of H-pyrrole nitrogens is 1. The van der Waals surface area contributed by atoms with E-state index in [4.69, 9.17) is 0 Å². The Balaban J connectivity index is 1.24. The molecule has 1 saturated heterocycles. The molecular formula is C24H27N5O3. The first-order valence-corrected chi connectivity index (χ1v) is 10.9. The third-order valence-corrected chi connectivity index (χ3v) is 6.05. The molecule has 3 aromatic rings. The van der Waals surface area contributed by atoms with E-state index in [-0.39, 0.29) is 11.6 Å². The number of aromatic nitrogens is 2. The Kier molecular flexibility index (Phi) is 6.91. The van der Waals surface area contributed by atoms with E-state index in [1.54, 1.807) is 12.1 Å². The van der Waals surface area contributed by atoms with E-state index in [1.165, 1.54) is 23.9 Å². The Morgan fingerprint density at radius 1 is 1.12 bits per heavy atom. The zero-order chi connectivity index (χ0) is 22.3. The molecule has 2 N–H and O–H groups in total. The molecular weight excluding hydrogens is 406 g/mol. The van der Waals surface area contributed by atoms with Gasteiger partial charge in [0.15, 0.2) is 0 Å². The van der Waals surface area contributed by atoms with Gasteiger partial charge in [0.1, 0.15) is 0 Å². The minimum atomic E-state index is -0.448. The van der Waals surface area contributed by atoms with Crippen LogP contribution in [-0.2, 0) is 6.54 Å². The van der Waals surface area contributed by atoms with E-state index in [0.717, 1.165) is 38.9 Å². The van der Waals surface area contributed by atoms with E-state index in [0.29, 0.717) is 29.3 Å². The Bertz CT molecular complexity index is 1040. The summed E-state index contributed by atoms with van der Waals surface area (Å²) < 4.78 is 0. The minimum absolute atomic E-state index is 0.00841. The predicted octanol–water partition coefficient (Wildman–Crippen LogP) is 4.02. The molecule has 1 amide bonds. The molecule has 2 heterocycles. The zero-order valence-electron chi connectivity index (χ0n) is 17.9. The number of hydrogen-bond donors (Lipinski definition) is 2. The van der Waals surface area contributed by atoms with Crippen LogP contribution in [0.2, 0.25) is 0 Å². The monoisotopic (exact) mass is 433 g/mol. The maximum atomic E-state index is 12.7. The molecule has 0 saturated carbocycles. The second-order valence-corrected chi connectivity index (χ2v) is 8.21. The molecule has 8 nitrogen and oxygen atoms in total. The highest BCUT2D eigenvalue weighted by Crippen LogP contribution is 2.24. The first-order valence-electron chi connectivity index (χ1n) is 10.9. The van der Waals surface area contributed by atoms with Gasteiger partial charge in [-0.1, -0.05) is 30.3 Å². The summed E-state index contributed by atoms with van der Waals surface area (Å²) in [6.45, 7) is 3.78. The average molecular weight is 434 g/mol. The van der Waals surface area contributed by atoms with Crippen molar-refractivity contribution in [3.63, 3.8) is 0 Å². The van der Waals surface area contributed by atoms with Gasteiger partial charge in [-0.15, -0.1) is 0 Å². The summed E-state index contributed by atoms with van der Waals surface area (Å²) in [6, 6.07) is 16.6. The third kappa shape index (κ3) is 5.39. The van der Waals surface area contributed by atoms with Gasteiger partial charge in [-0.2, -0.15) is 5.10 Å². The van der Waals surface area contributed by atoms with Crippen molar-refractivity contribution in [3.8, 4) is 11.3 Å². The number of nitro benzene ring substituents is 1. The number of nitrogens with one attached hydrogen (secondary N) is 2. The van der Waals surface area contributed by atoms with Gasteiger partial charge in [-0.25, -0.2) is 0 Å². The molecule has 0 spiro atoms. The summed E-state index contributed by atoms with van der Waals surface area (Å²) in [5.41, 5.74) is 3.04. The molecule has 0 radical (unpaired) electrons. The van der Waals surface area contributed by atoms with Gasteiger partial charge in [0, 0.05) is 30.8 Å². The van der Waals surface area contributed by atoms with E-state index in [1.807, 2.05) is 6.07 Å². The highest BCUT2D eigenvalue weighted by atomic mass is 16.6. The van der Waals surface area contributed by atoms with Gasteiger partial charge in [-0.05, 0) is 56.0 Å². The minimum Gasteiger partial charge on any atom is -0.352 e. The summed E-state index contributed by atoms with van der Waals surface area (Å²) in [4.78, 5) is 25.6. The number of benzene rings is 2. The largest absolute Gasteiger partial charge is 0.352 e. The van der Waals surface area contributed by atoms with Crippen molar-refractivity contribution in [1.82, 2.24) is 20.4 Å². The van der Waals surface area contributed by atoms with Gasteiger partial charge >= 0.3 is 0 Å². The van der Waals surface area contributed by atoms with E-state index >= 15 is 0 Å². The number of aromatic amines is 1. The van der Waals surface area contributed by atoms with Crippen LogP contribution < -0.4 is 5.32 Å². The Hall–Kier alpha value is -3.52. The lowest BCUT2D eigenvalue weighted by molar-refractivity contribution is -0.384. The van der Waals surface area contributed by atoms with E-state index < -0.39 is 4.92 Å². The van der Waals surface area contributed by atoms with Crippen LogP contribution in [0.3, 0.4) is 0 Å². The Morgan fingerprint density at radius 2 is 1.84 bits per heavy atom. The summed E-state index contributed by atoms with van der Waals surface area (Å²) in [5, 5.41) is 20.7. The number of non-ortho nitro benzene ring substituents is 1. The number of nitrogens with zero attached hydrogens (tertiary/aromatic N) is 3. The number of carbonyl (C=O) groups is 1. The van der Waals surface area contributed by atoms with Crippen molar-refractivity contribution < 1.29 is 9.72 Å². The molecule has 32 heavy (non-hydrogen) atoms. The molecule has 0 bridgehead atoms. The fourth-order valence-electron chi connectivity index (χ4n) is 4.19. The average Bonchev–Trinajstić information content (AvgIpc) is 3.31. The van der Waals surface area contributed by atoms with Crippen LogP contribution in [0.25, 0.3) is 11.3 Å². The zero-order valence-corrected chi connectivity index (χ0v) is 17.9.